The molecule has 22 heavy (non-hydrogen) atoms. The second kappa shape index (κ2) is 6.17. The fourth-order valence-corrected chi connectivity index (χ4v) is 4.28. The highest BCUT2D eigenvalue weighted by molar-refractivity contribution is 7.89. The molecule has 0 aliphatic carbocycles. The smallest absolute Gasteiger partial charge is 0.377 e. The van der Waals surface area contributed by atoms with Crippen LogP contribution >= 0.6 is 0 Å². The molecule has 2 rings (SSSR count). The van der Waals surface area contributed by atoms with E-state index in [0.717, 1.165) is 16.4 Å². The van der Waals surface area contributed by atoms with Crippen molar-refractivity contribution in [1.29, 1.82) is 0 Å². The molecule has 0 saturated carbocycles. The van der Waals surface area contributed by atoms with Crippen LogP contribution in [0.25, 0.3) is 0 Å². The van der Waals surface area contributed by atoms with Crippen LogP contribution in [0, 0.1) is 0 Å². The third-order valence-electron chi connectivity index (χ3n) is 3.78. The summed E-state index contributed by atoms with van der Waals surface area (Å²) in [6, 6.07) is 4.70. The van der Waals surface area contributed by atoms with E-state index in [-0.39, 0.29) is 6.54 Å². The van der Waals surface area contributed by atoms with Crippen LogP contribution in [0.1, 0.15) is 24.5 Å². The van der Waals surface area contributed by atoms with E-state index < -0.39 is 33.1 Å². The Morgan fingerprint density at radius 3 is 2.59 bits per heavy atom. The SMILES string of the molecule is C[C@H]1OCC[C@H]1S(=O)(=O)N(C)Cc1cccc(C(F)(F)F)c1. The summed E-state index contributed by atoms with van der Waals surface area (Å²) in [7, 11) is -2.23. The summed E-state index contributed by atoms with van der Waals surface area (Å²) in [5, 5.41) is -0.650. The number of benzene rings is 1. The van der Waals surface area contributed by atoms with Gasteiger partial charge in [-0.3, -0.25) is 0 Å². The van der Waals surface area contributed by atoms with Crippen molar-refractivity contribution in [2.24, 2.45) is 0 Å². The third kappa shape index (κ3) is 3.61. The van der Waals surface area contributed by atoms with Crippen molar-refractivity contribution in [3.63, 3.8) is 0 Å². The first-order chi connectivity index (χ1) is 10.1. The fourth-order valence-electron chi connectivity index (χ4n) is 2.53. The molecule has 0 spiro atoms. The molecular weight excluding hydrogens is 319 g/mol. The minimum Gasteiger partial charge on any atom is -0.377 e. The van der Waals surface area contributed by atoms with Crippen LogP contribution in [0.3, 0.4) is 0 Å². The zero-order valence-electron chi connectivity index (χ0n) is 12.3. The highest BCUT2D eigenvalue weighted by Gasteiger charge is 2.38. The maximum absolute atomic E-state index is 12.7. The monoisotopic (exact) mass is 337 g/mol. The first-order valence-corrected chi connectivity index (χ1v) is 8.35. The molecule has 1 heterocycles. The lowest BCUT2D eigenvalue weighted by molar-refractivity contribution is -0.137. The zero-order valence-corrected chi connectivity index (χ0v) is 13.1. The van der Waals surface area contributed by atoms with Crippen molar-refractivity contribution < 1.29 is 26.3 Å². The van der Waals surface area contributed by atoms with Crippen molar-refractivity contribution in [3.8, 4) is 0 Å². The molecule has 0 aromatic heterocycles. The van der Waals surface area contributed by atoms with Gasteiger partial charge in [-0.05, 0) is 25.0 Å². The Bertz CT molecular complexity index is 630. The molecule has 124 valence electrons. The van der Waals surface area contributed by atoms with Crippen LogP contribution in [0.4, 0.5) is 13.2 Å². The Morgan fingerprint density at radius 1 is 1.36 bits per heavy atom. The molecular formula is C14H18F3NO3S. The van der Waals surface area contributed by atoms with Gasteiger partial charge in [0.15, 0.2) is 0 Å². The van der Waals surface area contributed by atoms with Crippen LogP contribution in [0.5, 0.6) is 0 Å². The van der Waals surface area contributed by atoms with Crippen molar-refractivity contribution in [3.05, 3.63) is 35.4 Å². The maximum Gasteiger partial charge on any atom is 0.416 e. The van der Waals surface area contributed by atoms with Gasteiger partial charge in [0.2, 0.25) is 10.0 Å². The topological polar surface area (TPSA) is 46.6 Å². The van der Waals surface area contributed by atoms with Crippen LogP contribution in [-0.4, -0.2) is 37.7 Å². The average molecular weight is 337 g/mol. The van der Waals surface area contributed by atoms with E-state index in [0.29, 0.717) is 18.6 Å². The van der Waals surface area contributed by atoms with Gasteiger partial charge in [0, 0.05) is 20.2 Å². The lowest BCUT2D eigenvalue weighted by Gasteiger charge is -2.23. The average Bonchev–Trinajstić information content (AvgIpc) is 2.85. The molecule has 0 bridgehead atoms. The Hall–Kier alpha value is -1.12. The van der Waals surface area contributed by atoms with Gasteiger partial charge >= 0.3 is 6.18 Å². The molecule has 1 aliphatic heterocycles. The summed E-state index contributed by atoms with van der Waals surface area (Å²) in [4.78, 5) is 0. The first kappa shape index (κ1) is 17.2. The Kier molecular flexibility index (Phi) is 4.84. The van der Waals surface area contributed by atoms with Crippen molar-refractivity contribution in [2.75, 3.05) is 13.7 Å². The quantitative estimate of drug-likeness (QED) is 0.849. The number of sulfonamides is 1. The molecule has 1 saturated heterocycles. The van der Waals surface area contributed by atoms with Crippen LogP contribution in [-0.2, 0) is 27.5 Å². The fraction of sp³-hybridized carbons (Fsp3) is 0.571. The lowest BCUT2D eigenvalue weighted by Crippen LogP contribution is -2.39. The predicted molar refractivity (Wildman–Crippen MR) is 75.6 cm³/mol. The van der Waals surface area contributed by atoms with E-state index >= 15 is 0 Å². The maximum atomic E-state index is 12.7. The highest BCUT2D eigenvalue weighted by atomic mass is 32.2. The van der Waals surface area contributed by atoms with E-state index in [1.165, 1.54) is 19.2 Å². The predicted octanol–water partition coefficient (Wildman–Crippen LogP) is 2.64. The van der Waals surface area contributed by atoms with Gasteiger partial charge in [-0.15, -0.1) is 0 Å². The zero-order chi connectivity index (χ0) is 16.5. The summed E-state index contributed by atoms with van der Waals surface area (Å²) in [5.74, 6) is 0. The summed E-state index contributed by atoms with van der Waals surface area (Å²) >= 11 is 0. The number of halogens is 3. The first-order valence-electron chi connectivity index (χ1n) is 6.85. The van der Waals surface area contributed by atoms with Crippen LogP contribution in [0.2, 0.25) is 0 Å². The summed E-state index contributed by atoms with van der Waals surface area (Å²) in [6.07, 6.45) is -4.45. The summed E-state index contributed by atoms with van der Waals surface area (Å²) in [5.41, 5.74) is -0.485. The molecule has 0 radical (unpaired) electrons. The summed E-state index contributed by atoms with van der Waals surface area (Å²) in [6.45, 7) is 1.96. The highest BCUT2D eigenvalue weighted by Crippen LogP contribution is 2.30. The minimum atomic E-state index is -4.44. The van der Waals surface area contributed by atoms with Crippen molar-refractivity contribution in [2.45, 2.75) is 37.4 Å². The molecule has 1 aromatic carbocycles. The number of hydrogen-bond donors (Lipinski definition) is 0. The second-order valence-corrected chi connectivity index (χ2v) is 7.66. The molecule has 1 aliphatic rings. The van der Waals surface area contributed by atoms with E-state index in [9.17, 15) is 21.6 Å². The Morgan fingerprint density at radius 2 is 2.05 bits per heavy atom. The number of rotatable bonds is 4. The Balaban J connectivity index is 2.16. The van der Waals surface area contributed by atoms with Gasteiger partial charge in [0.05, 0.1) is 11.7 Å². The summed E-state index contributed by atoms with van der Waals surface area (Å²) < 4.78 is 69.3. The van der Waals surface area contributed by atoms with Gasteiger partial charge in [0.25, 0.3) is 0 Å². The van der Waals surface area contributed by atoms with Gasteiger partial charge < -0.3 is 4.74 Å². The van der Waals surface area contributed by atoms with Crippen LogP contribution in [0.15, 0.2) is 24.3 Å². The second-order valence-electron chi connectivity index (χ2n) is 5.40. The van der Waals surface area contributed by atoms with Gasteiger partial charge in [-0.2, -0.15) is 13.2 Å². The number of hydrogen-bond acceptors (Lipinski definition) is 3. The standard InChI is InChI=1S/C14H18F3NO3S/c1-10-13(6-7-21-10)22(19,20)18(2)9-11-4-3-5-12(8-11)14(15,16)17/h3-5,8,10,13H,6-7,9H2,1-2H3/t10-,13-/m1/s1. The molecule has 1 fully saturated rings. The molecule has 0 amide bonds. The molecule has 1 aromatic rings. The molecule has 8 heteroatoms. The van der Waals surface area contributed by atoms with Gasteiger partial charge in [0.1, 0.15) is 5.25 Å². The Labute approximate surface area is 127 Å². The number of alkyl halides is 3. The third-order valence-corrected chi connectivity index (χ3v) is 6.17. The van der Waals surface area contributed by atoms with E-state index in [1.807, 2.05) is 0 Å². The van der Waals surface area contributed by atoms with E-state index in [4.69, 9.17) is 4.74 Å². The van der Waals surface area contributed by atoms with Crippen LogP contribution < -0.4 is 0 Å². The van der Waals surface area contributed by atoms with E-state index in [1.54, 1.807) is 6.92 Å². The van der Waals surface area contributed by atoms with Gasteiger partial charge in [-0.1, -0.05) is 18.2 Å². The molecule has 0 unspecified atom stereocenters. The largest absolute Gasteiger partial charge is 0.416 e. The number of ether oxygens (including phenoxy) is 1. The molecule has 2 atom stereocenters. The minimum absolute atomic E-state index is 0.102. The van der Waals surface area contributed by atoms with Gasteiger partial charge in [-0.25, -0.2) is 12.7 Å². The van der Waals surface area contributed by atoms with Crippen molar-refractivity contribution in [1.82, 2.24) is 4.31 Å². The van der Waals surface area contributed by atoms with Crippen molar-refractivity contribution >= 4 is 10.0 Å². The normalized spacial score (nSPS) is 23.2. The lowest BCUT2D eigenvalue weighted by atomic mass is 10.1. The number of nitrogens with zero attached hydrogens (tertiary/aromatic N) is 1. The van der Waals surface area contributed by atoms with E-state index in [2.05, 4.69) is 0 Å². The molecule has 0 N–H and O–H groups in total. The molecule has 4 nitrogen and oxygen atoms in total.